The smallest absolute Gasteiger partial charge is 0.261 e. The Labute approximate surface area is 142 Å². The lowest BCUT2D eigenvalue weighted by Gasteiger charge is -2.09. The number of imidazole rings is 1. The van der Waals surface area contributed by atoms with Crippen molar-refractivity contribution in [1.29, 1.82) is 0 Å². The maximum absolute atomic E-state index is 12.5. The van der Waals surface area contributed by atoms with E-state index >= 15 is 0 Å². The maximum atomic E-state index is 12.5. The fourth-order valence-corrected chi connectivity index (χ4v) is 3.85. The molecule has 0 bridgehead atoms. The predicted octanol–water partition coefficient (Wildman–Crippen LogP) is 3.73. The molecule has 2 aromatic carbocycles. The van der Waals surface area contributed by atoms with Gasteiger partial charge in [0.1, 0.15) is 5.82 Å². The van der Waals surface area contributed by atoms with Crippen molar-refractivity contribution >= 4 is 26.7 Å². The molecular formula is C18H21N3O2S. The van der Waals surface area contributed by atoms with Crippen molar-refractivity contribution in [3.8, 4) is 0 Å². The van der Waals surface area contributed by atoms with Crippen LogP contribution in [0.1, 0.15) is 25.2 Å². The Morgan fingerprint density at radius 2 is 1.79 bits per heavy atom. The Kier molecular flexibility index (Phi) is 4.32. The molecule has 1 N–H and O–H groups in total. The molecule has 0 unspecified atom stereocenters. The summed E-state index contributed by atoms with van der Waals surface area (Å²) in [4.78, 5) is 4.86. The number of aryl methyl sites for hydroxylation is 3. The second kappa shape index (κ2) is 6.28. The lowest BCUT2D eigenvalue weighted by molar-refractivity contribution is 0.601. The third kappa shape index (κ3) is 3.01. The van der Waals surface area contributed by atoms with E-state index in [2.05, 4.69) is 28.1 Å². The largest absolute Gasteiger partial charge is 0.328 e. The number of nitrogens with one attached hydrogen (secondary N) is 1. The van der Waals surface area contributed by atoms with Crippen molar-refractivity contribution < 1.29 is 8.42 Å². The van der Waals surface area contributed by atoms with Crippen molar-refractivity contribution in [2.45, 2.75) is 38.6 Å². The number of rotatable bonds is 5. The number of fused-ring (bicyclic) bond motifs is 1. The summed E-state index contributed by atoms with van der Waals surface area (Å²) in [6.07, 6.45) is 0.840. The van der Waals surface area contributed by atoms with Crippen LogP contribution in [-0.2, 0) is 23.0 Å². The summed E-state index contributed by atoms with van der Waals surface area (Å²) < 4.78 is 29.8. The second-order valence-corrected chi connectivity index (χ2v) is 7.43. The fraction of sp³-hybridized carbons (Fsp3) is 0.278. The minimum Gasteiger partial charge on any atom is -0.328 e. The standard InChI is InChI=1S/C18H21N3O2S/c1-4-18-19-16-12-14(8-11-17(16)21(18)5-2)20-24(22,23)15-9-6-13(3)7-10-15/h6-12,20H,4-5H2,1-3H3. The summed E-state index contributed by atoms with van der Waals surface area (Å²) in [6, 6.07) is 12.3. The lowest BCUT2D eigenvalue weighted by atomic mass is 10.2. The highest BCUT2D eigenvalue weighted by molar-refractivity contribution is 7.92. The summed E-state index contributed by atoms with van der Waals surface area (Å²) in [7, 11) is -3.60. The zero-order valence-corrected chi connectivity index (χ0v) is 14.9. The van der Waals surface area contributed by atoms with Crippen LogP contribution >= 0.6 is 0 Å². The van der Waals surface area contributed by atoms with Gasteiger partial charge in [-0.2, -0.15) is 0 Å². The second-order valence-electron chi connectivity index (χ2n) is 5.75. The molecule has 0 aliphatic carbocycles. The normalized spacial score (nSPS) is 11.8. The maximum Gasteiger partial charge on any atom is 0.261 e. The summed E-state index contributed by atoms with van der Waals surface area (Å²) in [5.41, 5.74) is 3.37. The molecule has 24 heavy (non-hydrogen) atoms. The number of benzene rings is 2. The van der Waals surface area contributed by atoms with Crippen LogP contribution in [0.25, 0.3) is 11.0 Å². The van der Waals surface area contributed by atoms with Gasteiger partial charge in [-0.1, -0.05) is 24.6 Å². The molecule has 0 fully saturated rings. The van der Waals surface area contributed by atoms with Crippen molar-refractivity contribution in [2.24, 2.45) is 0 Å². The van der Waals surface area contributed by atoms with E-state index in [1.165, 1.54) is 0 Å². The van der Waals surface area contributed by atoms with E-state index in [4.69, 9.17) is 0 Å². The predicted molar refractivity (Wildman–Crippen MR) is 96.8 cm³/mol. The van der Waals surface area contributed by atoms with Crippen molar-refractivity contribution in [3.05, 3.63) is 53.9 Å². The SMILES string of the molecule is CCc1nc2cc(NS(=O)(=O)c3ccc(C)cc3)ccc2n1CC. The van der Waals surface area contributed by atoms with Gasteiger partial charge in [-0.25, -0.2) is 13.4 Å². The average Bonchev–Trinajstić information content (AvgIpc) is 2.91. The first-order valence-electron chi connectivity index (χ1n) is 8.03. The van der Waals surface area contributed by atoms with Crippen molar-refractivity contribution in [2.75, 3.05) is 4.72 Å². The highest BCUT2D eigenvalue weighted by atomic mass is 32.2. The summed E-state index contributed by atoms with van der Waals surface area (Å²) in [6.45, 7) is 6.91. The molecule has 0 spiro atoms. The quantitative estimate of drug-likeness (QED) is 0.768. The molecule has 0 aliphatic rings. The Morgan fingerprint density at radius 1 is 1.08 bits per heavy atom. The molecule has 3 rings (SSSR count). The highest BCUT2D eigenvalue weighted by Gasteiger charge is 2.15. The number of sulfonamides is 1. The molecule has 1 heterocycles. The molecule has 0 radical (unpaired) electrons. The van der Waals surface area contributed by atoms with Crippen LogP contribution in [0.2, 0.25) is 0 Å². The topological polar surface area (TPSA) is 64.0 Å². The van der Waals surface area contributed by atoms with E-state index in [1.54, 1.807) is 36.4 Å². The van der Waals surface area contributed by atoms with Crippen molar-refractivity contribution in [3.63, 3.8) is 0 Å². The summed E-state index contributed by atoms with van der Waals surface area (Å²) in [5.74, 6) is 1.01. The molecular weight excluding hydrogens is 322 g/mol. The van der Waals surface area contributed by atoms with Crippen LogP contribution in [-0.4, -0.2) is 18.0 Å². The van der Waals surface area contributed by atoms with Crippen LogP contribution in [0.15, 0.2) is 47.4 Å². The van der Waals surface area contributed by atoms with Gasteiger partial charge >= 0.3 is 0 Å². The zero-order chi connectivity index (χ0) is 17.3. The van der Waals surface area contributed by atoms with Gasteiger partial charge < -0.3 is 4.57 Å². The van der Waals surface area contributed by atoms with E-state index in [0.717, 1.165) is 35.4 Å². The number of hydrogen-bond donors (Lipinski definition) is 1. The van der Waals surface area contributed by atoms with E-state index in [9.17, 15) is 8.42 Å². The Balaban J connectivity index is 1.96. The van der Waals surface area contributed by atoms with E-state index < -0.39 is 10.0 Å². The lowest BCUT2D eigenvalue weighted by Crippen LogP contribution is -2.12. The van der Waals surface area contributed by atoms with Gasteiger partial charge in [-0.15, -0.1) is 0 Å². The molecule has 0 aliphatic heterocycles. The molecule has 0 saturated heterocycles. The number of nitrogens with zero attached hydrogens (tertiary/aromatic N) is 2. The number of aromatic nitrogens is 2. The van der Waals surface area contributed by atoms with Gasteiger partial charge in [0.05, 0.1) is 21.6 Å². The van der Waals surface area contributed by atoms with Crippen molar-refractivity contribution in [1.82, 2.24) is 9.55 Å². The minimum atomic E-state index is -3.60. The first-order valence-corrected chi connectivity index (χ1v) is 9.51. The van der Waals surface area contributed by atoms with E-state index in [0.29, 0.717) is 5.69 Å². The average molecular weight is 343 g/mol. The van der Waals surface area contributed by atoms with Gasteiger partial charge in [0.2, 0.25) is 0 Å². The fourth-order valence-electron chi connectivity index (χ4n) is 2.80. The molecule has 3 aromatic rings. The highest BCUT2D eigenvalue weighted by Crippen LogP contribution is 2.23. The van der Waals surface area contributed by atoms with E-state index in [1.807, 2.05) is 13.0 Å². The Hall–Kier alpha value is -2.34. The molecule has 126 valence electrons. The van der Waals surface area contributed by atoms with E-state index in [-0.39, 0.29) is 4.90 Å². The van der Waals surface area contributed by atoms with Gasteiger partial charge in [0.25, 0.3) is 10.0 Å². The minimum absolute atomic E-state index is 0.251. The van der Waals surface area contributed by atoms with Crippen LogP contribution in [0.3, 0.4) is 0 Å². The van der Waals surface area contributed by atoms with Crippen LogP contribution in [0.4, 0.5) is 5.69 Å². The molecule has 1 aromatic heterocycles. The molecule has 0 amide bonds. The number of anilines is 1. The molecule has 0 atom stereocenters. The summed E-state index contributed by atoms with van der Waals surface area (Å²) in [5, 5.41) is 0. The first-order chi connectivity index (χ1) is 11.4. The number of hydrogen-bond acceptors (Lipinski definition) is 3. The van der Waals surface area contributed by atoms with Crippen LogP contribution < -0.4 is 4.72 Å². The third-order valence-corrected chi connectivity index (χ3v) is 5.44. The monoisotopic (exact) mass is 343 g/mol. The molecule has 0 saturated carbocycles. The van der Waals surface area contributed by atoms with Crippen LogP contribution in [0.5, 0.6) is 0 Å². The van der Waals surface area contributed by atoms with Gasteiger partial charge in [0.15, 0.2) is 0 Å². The molecule has 5 nitrogen and oxygen atoms in total. The molecule has 6 heteroatoms. The van der Waals surface area contributed by atoms with Crippen LogP contribution in [0, 0.1) is 6.92 Å². The van der Waals surface area contributed by atoms with Gasteiger partial charge in [0, 0.05) is 13.0 Å². The van der Waals surface area contributed by atoms with Gasteiger partial charge in [-0.05, 0) is 44.2 Å². The summed E-state index contributed by atoms with van der Waals surface area (Å²) >= 11 is 0. The first kappa shape index (κ1) is 16.5. The zero-order valence-electron chi connectivity index (χ0n) is 14.1. The Bertz CT molecular complexity index is 973. The van der Waals surface area contributed by atoms with Gasteiger partial charge in [-0.3, -0.25) is 4.72 Å². The third-order valence-electron chi connectivity index (χ3n) is 4.04. The Morgan fingerprint density at radius 3 is 2.42 bits per heavy atom.